The van der Waals surface area contributed by atoms with Crippen LogP contribution >= 0.6 is 0 Å². The maximum absolute atomic E-state index is 5.60. The van der Waals surface area contributed by atoms with Crippen molar-refractivity contribution in [3.8, 4) is 0 Å². The van der Waals surface area contributed by atoms with Gasteiger partial charge in [-0.2, -0.15) is 0 Å². The summed E-state index contributed by atoms with van der Waals surface area (Å²) in [6.07, 6.45) is 1.14. The highest BCUT2D eigenvalue weighted by atomic mass is 16.5. The van der Waals surface area contributed by atoms with Crippen LogP contribution in [0.1, 0.15) is 34.1 Å². The molecule has 4 heteroatoms. The fraction of sp³-hybridized carbons (Fsp3) is 1.00. The van der Waals surface area contributed by atoms with E-state index in [0.717, 1.165) is 39.3 Å². The Morgan fingerprint density at radius 2 is 1.94 bits per heavy atom. The Balaban J connectivity index is 4.21. The number of rotatable bonds is 11. The summed E-state index contributed by atoms with van der Waals surface area (Å²) in [6.45, 7) is 13.0. The Morgan fingerprint density at radius 3 is 2.44 bits per heavy atom. The second kappa shape index (κ2) is 9.73. The molecule has 0 aromatic heterocycles. The lowest BCUT2D eigenvalue weighted by atomic mass is 9.98. The molecule has 0 saturated heterocycles. The summed E-state index contributed by atoms with van der Waals surface area (Å²) in [7, 11) is 3.91. The van der Waals surface area contributed by atoms with Crippen LogP contribution in [0.2, 0.25) is 0 Å². The topological polar surface area (TPSA) is 33.7 Å². The Bertz CT molecular complexity index is 198. The second-order valence-corrected chi connectivity index (χ2v) is 5.27. The molecule has 1 atom stereocenters. The lowest BCUT2D eigenvalue weighted by molar-refractivity contribution is -0.0196. The van der Waals surface area contributed by atoms with Gasteiger partial charge in [0.15, 0.2) is 0 Å². The van der Waals surface area contributed by atoms with Crippen LogP contribution in [0.15, 0.2) is 0 Å². The van der Waals surface area contributed by atoms with Crippen LogP contribution in [-0.4, -0.2) is 63.5 Å². The molecule has 0 radical (unpaired) electrons. The smallest absolute Gasteiger partial charge is 0.0787 e. The van der Waals surface area contributed by atoms with Crippen LogP contribution < -0.4 is 5.32 Å². The van der Waals surface area contributed by atoms with Crippen molar-refractivity contribution in [2.75, 3.05) is 47.0 Å². The summed E-state index contributed by atoms with van der Waals surface area (Å²) in [5.74, 6) is 0. The van der Waals surface area contributed by atoms with Gasteiger partial charge in [-0.3, -0.25) is 0 Å². The third-order valence-corrected chi connectivity index (χ3v) is 3.32. The van der Waals surface area contributed by atoms with Gasteiger partial charge >= 0.3 is 0 Å². The molecule has 110 valence electrons. The predicted molar refractivity (Wildman–Crippen MR) is 77.2 cm³/mol. The first kappa shape index (κ1) is 17.8. The molecular formula is C14H32N2O2. The average molecular weight is 260 g/mol. The quantitative estimate of drug-likeness (QED) is 0.574. The number of nitrogens with zero attached hydrogens (tertiary/aromatic N) is 1. The van der Waals surface area contributed by atoms with Crippen molar-refractivity contribution in [3.05, 3.63) is 0 Å². The van der Waals surface area contributed by atoms with E-state index in [2.05, 4.69) is 38.0 Å². The monoisotopic (exact) mass is 260 g/mol. The summed E-state index contributed by atoms with van der Waals surface area (Å²) in [4.78, 5) is 2.30. The largest absolute Gasteiger partial charge is 0.380 e. The van der Waals surface area contributed by atoms with E-state index in [1.54, 1.807) is 7.11 Å². The SMILES string of the molecule is CCCNC(CN(C)CCOCC)C(C)(C)OC. The van der Waals surface area contributed by atoms with Crippen molar-refractivity contribution in [1.82, 2.24) is 10.2 Å². The zero-order chi connectivity index (χ0) is 14.0. The third-order valence-electron chi connectivity index (χ3n) is 3.32. The molecule has 0 spiro atoms. The first-order chi connectivity index (χ1) is 8.47. The van der Waals surface area contributed by atoms with E-state index >= 15 is 0 Å². The van der Waals surface area contributed by atoms with Crippen LogP contribution in [-0.2, 0) is 9.47 Å². The summed E-state index contributed by atoms with van der Waals surface area (Å²) >= 11 is 0. The van der Waals surface area contributed by atoms with Gasteiger partial charge < -0.3 is 19.7 Å². The number of nitrogens with one attached hydrogen (secondary N) is 1. The molecule has 1 unspecified atom stereocenters. The minimum absolute atomic E-state index is 0.158. The first-order valence-corrected chi connectivity index (χ1v) is 7.02. The normalized spacial score (nSPS) is 14.2. The zero-order valence-electron chi connectivity index (χ0n) is 13.1. The summed E-state index contributed by atoms with van der Waals surface area (Å²) in [5.41, 5.74) is -0.158. The molecule has 0 amide bonds. The van der Waals surface area contributed by atoms with Crippen LogP contribution in [0, 0.1) is 0 Å². The van der Waals surface area contributed by atoms with Gasteiger partial charge in [-0.15, -0.1) is 0 Å². The van der Waals surface area contributed by atoms with Crippen LogP contribution in [0.4, 0.5) is 0 Å². The molecular weight excluding hydrogens is 228 g/mol. The Labute approximate surface area is 113 Å². The molecule has 0 aromatic rings. The van der Waals surface area contributed by atoms with E-state index in [-0.39, 0.29) is 5.60 Å². The minimum Gasteiger partial charge on any atom is -0.380 e. The molecule has 0 fully saturated rings. The summed E-state index contributed by atoms with van der Waals surface area (Å²) in [5, 5.41) is 3.57. The molecule has 0 aliphatic carbocycles. The molecule has 0 aliphatic rings. The number of hydrogen-bond donors (Lipinski definition) is 1. The zero-order valence-corrected chi connectivity index (χ0v) is 13.1. The summed E-state index contributed by atoms with van der Waals surface area (Å²) in [6, 6.07) is 0.328. The van der Waals surface area contributed by atoms with Gasteiger partial charge in [0.25, 0.3) is 0 Å². The van der Waals surface area contributed by atoms with Crippen molar-refractivity contribution in [3.63, 3.8) is 0 Å². The molecule has 0 aliphatic heterocycles. The molecule has 0 rings (SSSR count). The third kappa shape index (κ3) is 7.31. The maximum atomic E-state index is 5.60. The van der Waals surface area contributed by atoms with Gasteiger partial charge in [-0.1, -0.05) is 6.92 Å². The van der Waals surface area contributed by atoms with E-state index in [9.17, 15) is 0 Å². The first-order valence-electron chi connectivity index (χ1n) is 7.02. The fourth-order valence-corrected chi connectivity index (χ4v) is 1.76. The average Bonchev–Trinajstić information content (AvgIpc) is 2.34. The Morgan fingerprint density at radius 1 is 1.28 bits per heavy atom. The van der Waals surface area contributed by atoms with Gasteiger partial charge in [0.2, 0.25) is 0 Å². The van der Waals surface area contributed by atoms with E-state index in [1.165, 1.54) is 0 Å². The highest BCUT2D eigenvalue weighted by Gasteiger charge is 2.29. The molecule has 0 aromatic carbocycles. The van der Waals surface area contributed by atoms with Gasteiger partial charge in [0.1, 0.15) is 0 Å². The van der Waals surface area contributed by atoms with Gasteiger partial charge in [0.05, 0.1) is 12.2 Å². The van der Waals surface area contributed by atoms with Crippen molar-refractivity contribution in [2.45, 2.75) is 45.8 Å². The Hall–Kier alpha value is -0.160. The van der Waals surface area contributed by atoms with E-state index in [4.69, 9.17) is 9.47 Å². The second-order valence-electron chi connectivity index (χ2n) is 5.27. The highest BCUT2D eigenvalue weighted by molar-refractivity contribution is 4.87. The molecule has 4 nitrogen and oxygen atoms in total. The maximum Gasteiger partial charge on any atom is 0.0787 e. The lowest BCUT2D eigenvalue weighted by Crippen LogP contribution is -2.54. The predicted octanol–water partition coefficient (Wildman–Crippen LogP) is 1.75. The number of likely N-dealkylation sites (N-methyl/N-ethyl adjacent to an activating group) is 1. The van der Waals surface area contributed by atoms with Crippen molar-refractivity contribution in [2.24, 2.45) is 0 Å². The molecule has 1 N–H and O–H groups in total. The van der Waals surface area contributed by atoms with E-state index in [0.29, 0.717) is 6.04 Å². The molecule has 0 saturated carbocycles. The standard InChI is InChI=1S/C14H32N2O2/c1-7-9-15-13(14(3,4)17-6)12-16(5)10-11-18-8-2/h13,15H,7-12H2,1-6H3. The van der Waals surface area contributed by atoms with Crippen LogP contribution in [0.5, 0.6) is 0 Å². The fourth-order valence-electron chi connectivity index (χ4n) is 1.76. The van der Waals surface area contributed by atoms with Gasteiger partial charge in [-0.25, -0.2) is 0 Å². The molecule has 0 bridgehead atoms. The number of hydrogen-bond acceptors (Lipinski definition) is 4. The molecule has 18 heavy (non-hydrogen) atoms. The van der Waals surface area contributed by atoms with Gasteiger partial charge in [-0.05, 0) is 40.8 Å². The van der Waals surface area contributed by atoms with Gasteiger partial charge in [0, 0.05) is 32.8 Å². The number of ether oxygens (including phenoxy) is 2. The highest BCUT2D eigenvalue weighted by Crippen LogP contribution is 2.14. The van der Waals surface area contributed by atoms with Crippen LogP contribution in [0.3, 0.4) is 0 Å². The van der Waals surface area contributed by atoms with E-state index < -0.39 is 0 Å². The van der Waals surface area contributed by atoms with Crippen molar-refractivity contribution in [1.29, 1.82) is 0 Å². The molecule has 0 heterocycles. The van der Waals surface area contributed by atoms with Crippen LogP contribution in [0.25, 0.3) is 0 Å². The number of methoxy groups -OCH3 is 1. The minimum atomic E-state index is -0.158. The Kier molecular flexibility index (Phi) is 9.64. The van der Waals surface area contributed by atoms with Crippen molar-refractivity contribution >= 4 is 0 Å². The van der Waals surface area contributed by atoms with E-state index in [1.807, 2.05) is 6.92 Å². The van der Waals surface area contributed by atoms with Crippen molar-refractivity contribution < 1.29 is 9.47 Å². The lowest BCUT2D eigenvalue weighted by Gasteiger charge is -2.36. The summed E-state index contributed by atoms with van der Waals surface area (Å²) < 4.78 is 11.0.